The minimum atomic E-state index is -1.27. The molecule has 2 aromatic rings. The third-order valence-electron chi connectivity index (χ3n) is 4.60. The zero-order valence-electron chi connectivity index (χ0n) is 17.2. The highest BCUT2D eigenvalue weighted by atomic mass is 35.5. The maximum absolute atomic E-state index is 13.0. The molecule has 0 aromatic heterocycles. The Morgan fingerprint density at radius 2 is 1.40 bits per heavy atom. The molecule has 0 amide bonds. The zero-order valence-corrected chi connectivity index (χ0v) is 18.0. The first-order chi connectivity index (χ1) is 14.4. The number of carbonyl (C=O) groups excluding carboxylic acids is 3. The van der Waals surface area contributed by atoms with Crippen molar-refractivity contribution in [3.63, 3.8) is 0 Å². The van der Waals surface area contributed by atoms with Gasteiger partial charge in [0.05, 0.1) is 20.3 Å². The zero-order chi connectivity index (χ0) is 22.1. The monoisotopic (exact) mass is 432 g/mol. The van der Waals surface area contributed by atoms with Crippen LogP contribution in [0.15, 0.2) is 48.5 Å². The van der Waals surface area contributed by atoms with Gasteiger partial charge in [-0.1, -0.05) is 23.7 Å². The minimum absolute atomic E-state index is 0.0870. The molecule has 2 rings (SSSR count). The van der Waals surface area contributed by atoms with Crippen LogP contribution in [0.5, 0.6) is 5.75 Å². The number of ketones is 1. The molecule has 0 aliphatic carbocycles. The van der Waals surface area contributed by atoms with Crippen molar-refractivity contribution in [1.82, 2.24) is 0 Å². The fourth-order valence-electron chi connectivity index (χ4n) is 3.12. The molecule has 0 N–H and O–H groups in total. The van der Waals surface area contributed by atoms with Gasteiger partial charge < -0.3 is 14.2 Å². The molecule has 160 valence electrons. The first-order valence-electron chi connectivity index (χ1n) is 9.67. The summed E-state index contributed by atoms with van der Waals surface area (Å²) in [5.74, 6) is -3.09. The number of halogens is 1. The summed E-state index contributed by atoms with van der Waals surface area (Å²) in [7, 11) is 1.54. The molecular formula is C23H25ClO6. The fraction of sp³-hybridized carbons (Fsp3) is 0.348. The Bertz CT molecular complexity index is 842. The van der Waals surface area contributed by atoms with Crippen LogP contribution in [0.4, 0.5) is 0 Å². The van der Waals surface area contributed by atoms with E-state index < -0.39 is 23.8 Å². The lowest BCUT2D eigenvalue weighted by molar-refractivity contribution is -0.162. The Kier molecular flexibility index (Phi) is 8.87. The second kappa shape index (κ2) is 11.4. The highest BCUT2D eigenvalue weighted by molar-refractivity contribution is 6.30. The van der Waals surface area contributed by atoms with Crippen LogP contribution in [-0.4, -0.2) is 38.0 Å². The maximum atomic E-state index is 13.0. The summed E-state index contributed by atoms with van der Waals surface area (Å²) in [6, 6.07) is 13.3. The van der Waals surface area contributed by atoms with Crippen molar-refractivity contribution in [2.75, 3.05) is 20.3 Å². The van der Waals surface area contributed by atoms with Crippen LogP contribution in [-0.2, 0) is 19.1 Å². The molecule has 0 spiro atoms. The lowest BCUT2D eigenvalue weighted by Gasteiger charge is -2.24. The van der Waals surface area contributed by atoms with E-state index in [1.54, 1.807) is 62.4 Å². The van der Waals surface area contributed by atoms with E-state index in [4.69, 9.17) is 25.8 Å². The van der Waals surface area contributed by atoms with E-state index in [2.05, 4.69) is 0 Å². The van der Waals surface area contributed by atoms with Crippen LogP contribution in [0.1, 0.15) is 42.1 Å². The Hall–Kier alpha value is -2.86. The Morgan fingerprint density at radius 3 is 1.87 bits per heavy atom. The number of hydrogen-bond acceptors (Lipinski definition) is 6. The van der Waals surface area contributed by atoms with Gasteiger partial charge in [0.15, 0.2) is 11.7 Å². The quantitative estimate of drug-likeness (QED) is 0.313. The number of ether oxygens (including phenoxy) is 3. The van der Waals surface area contributed by atoms with E-state index in [1.165, 1.54) is 7.11 Å². The second-order valence-electron chi connectivity index (χ2n) is 6.50. The van der Waals surface area contributed by atoms with E-state index in [0.29, 0.717) is 21.9 Å². The van der Waals surface area contributed by atoms with Crippen molar-refractivity contribution < 1.29 is 28.6 Å². The van der Waals surface area contributed by atoms with Crippen LogP contribution >= 0.6 is 11.6 Å². The number of rotatable bonds is 10. The van der Waals surface area contributed by atoms with Gasteiger partial charge in [0.2, 0.25) is 0 Å². The third-order valence-corrected chi connectivity index (χ3v) is 4.85. The normalized spacial score (nSPS) is 11.6. The van der Waals surface area contributed by atoms with Gasteiger partial charge in [-0.2, -0.15) is 0 Å². The molecule has 7 heteroatoms. The van der Waals surface area contributed by atoms with Gasteiger partial charge in [0.25, 0.3) is 0 Å². The predicted molar refractivity (Wildman–Crippen MR) is 113 cm³/mol. The Labute approximate surface area is 181 Å². The first kappa shape index (κ1) is 23.4. The van der Waals surface area contributed by atoms with E-state index >= 15 is 0 Å². The van der Waals surface area contributed by atoms with Gasteiger partial charge in [0, 0.05) is 22.9 Å². The lowest BCUT2D eigenvalue weighted by atomic mass is 9.81. The van der Waals surface area contributed by atoms with Gasteiger partial charge in [-0.05, 0) is 55.8 Å². The van der Waals surface area contributed by atoms with Crippen LogP contribution in [0, 0.1) is 5.92 Å². The van der Waals surface area contributed by atoms with Crippen molar-refractivity contribution >= 4 is 29.3 Å². The van der Waals surface area contributed by atoms with Crippen LogP contribution in [0.25, 0.3) is 0 Å². The van der Waals surface area contributed by atoms with E-state index in [9.17, 15) is 14.4 Å². The molecule has 6 nitrogen and oxygen atoms in total. The summed E-state index contributed by atoms with van der Waals surface area (Å²) in [6.07, 6.45) is -0.0870. The van der Waals surface area contributed by atoms with Gasteiger partial charge in [-0.25, -0.2) is 0 Å². The van der Waals surface area contributed by atoms with E-state index in [0.717, 1.165) is 0 Å². The number of methoxy groups -OCH3 is 1. The van der Waals surface area contributed by atoms with Crippen molar-refractivity contribution in [2.45, 2.75) is 26.2 Å². The molecule has 0 heterocycles. The second-order valence-corrected chi connectivity index (χ2v) is 6.93. The van der Waals surface area contributed by atoms with Gasteiger partial charge in [-0.15, -0.1) is 0 Å². The summed E-state index contributed by atoms with van der Waals surface area (Å²) in [5, 5.41) is 0.508. The highest BCUT2D eigenvalue weighted by Crippen LogP contribution is 2.33. The van der Waals surface area contributed by atoms with E-state index in [-0.39, 0.29) is 25.4 Å². The average molecular weight is 433 g/mol. The molecule has 0 fully saturated rings. The number of carbonyl (C=O) groups is 3. The molecule has 0 aliphatic heterocycles. The molecule has 30 heavy (non-hydrogen) atoms. The molecule has 0 saturated carbocycles. The summed E-state index contributed by atoms with van der Waals surface area (Å²) in [6.45, 7) is 3.52. The van der Waals surface area contributed by atoms with Gasteiger partial charge >= 0.3 is 11.9 Å². The number of hydrogen-bond donors (Lipinski definition) is 0. The summed E-state index contributed by atoms with van der Waals surface area (Å²) < 4.78 is 15.4. The van der Waals surface area contributed by atoms with Crippen LogP contribution in [0.3, 0.4) is 0 Å². The first-order valence-corrected chi connectivity index (χ1v) is 10.0. The van der Waals surface area contributed by atoms with E-state index in [1.807, 2.05) is 0 Å². The summed E-state index contributed by atoms with van der Waals surface area (Å²) in [4.78, 5) is 38.3. The summed E-state index contributed by atoms with van der Waals surface area (Å²) in [5.41, 5.74) is 1.06. The Balaban J connectivity index is 2.45. The number of esters is 2. The molecule has 0 aliphatic rings. The molecule has 0 radical (unpaired) electrons. The van der Waals surface area contributed by atoms with Crippen molar-refractivity contribution in [2.24, 2.45) is 5.92 Å². The third kappa shape index (κ3) is 6.07. The average Bonchev–Trinajstić information content (AvgIpc) is 2.74. The van der Waals surface area contributed by atoms with Crippen molar-refractivity contribution in [1.29, 1.82) is 0 Å². The van der Waals surface area contributed by atoms with Crippen LogP contribution in [0.2, 0.25) is 5.02 Å². The van der Waals surface area contributed by atoms with Crippen molar-refractivity contribution in [3.05, 3.63) is 64.7 Å². The molecule has 1 atom stereocenters. The Morgan fingerprint density at radius 1 is 0.867 bits per heavy atom. The minimum Gasteiger partial charge on any atom is -0.497 e. The standard InChI is InChI=1S/C23H25ClO6/c1-4-29-22(26)21(23(27)30-5-2)19(15-8-12-18(28-3)13-9-15)14-20(25)16-6-10-17(24)11-7-16/h6-13,19,21H,4-5,14H2,1-3H3. The van der Waals surface area contributed by atoms with Gasteiger partial charge in [-0.3, -0.25) is 14.4 Å². The summed E-state index contributed by atoms with van der Waals surface area (Å²) >= 11 is 5.90. The van der Waals surface area contributed by atoms with Crippen LogP contribution < -0.4 is 4.74 Å². The highest BCUT2D eigenvalue weighted by Gasteiger charge is 2.39. The molecule has 1 unspecified atom stereocenters. The largest absolute Gasteiger partial charge is 0.497 e. The molecular weight excluding hydrogens is 408 g/mol. The number of Topliss-reactive ketones (excluding diaryl/α,β-unsaturated/α-hetero) is 1. The smallest absolute Gasteiger partial charge is 0.320 e. The van der Waals surface area contributed by atoms with Gasteiger partial charge in [0.1, 0.15) is 5.75 Å². The topological polar surface area (TPSA) is 78.9 Å². The molecule has 0 bridgehead atoms. The molecule has 0 saturated heterocycles. The molecule has 2 aromatic carbocycles. The predicted octanol–water partition coefficient (Wildman–Crippen LogP) is 4.45. The maximum Gasteiger partial charge on any atom is 0.320 e. The lowest BCUT2D eigenvalue weighted by Crippen LogP contribution is -2.34. The fourth-order valence-corrected chi connectivity index (χ4v) is 3.25. The van der Waals surface area contributed by atoms with Crippen molar-refractivity contribution in [3.8, 4) is 5.75 Å². The number of benzene rings is 2. The SMILES string of the molecule is CCOC(=O)C(C(=O)OCC)C(CC(=O)c1ccc(Cl)cc1)c1ccc(OC)cc1.